The van der Waals surface area contributed by atoms with Crippen molar-refractivity contribution in [3.05, 3.63) is 43.1 Å². The average molecular weight is 716 g/mol. The van der Waals surface area contributed by atoms with Crippen LogP contribution in [0.5, 0.6) is 11.6 Å². The lowest BCUT2D eigenvalue weighted by molar-refractivity contribution is -0.145. The van der Waals surface area contributed by atoms with Gasteiger partial charge in [0.2, 0.25) is 27.7 Å². The van der Waals surface area contributed by atoms with E-state index in [1.165, 1.54) is 19.4 Å². The number of nitrogens with one attached hydrogen (secondary N) is 3. The SMILES string of the molecule is C=C[C@@H]1C[C@]1(NC(=O)[C@@H]1C[C@@H](Oc2nccc3cc(OC)ccc23)CN1C(=O)[C@H](CC(=O)O)NC(=O)OC(C)(C)C)C(=O)NS(=O)(=O)C1CC1. The van der Waals surface area contributed by atoms with Crippen molar-refractivity contribution in [2.75, 3.05) is 13.7 Å². The van der Waals surface area contributed by atoms with Crippen molar-refractivity contribution >= 4 is 50.6 Å². The second kappa shape index (κ2) is 13.8. The zero-order valence-corrected chi connectivity index (χ0v) is 28.9. The van der Waals surface area contributed by atoms with Crippen LogP contribution in [0, 0.1) is 5.92 Å². The smallest absolute Gasteiger partial charge is 0.408 e. The molecule has 2 saturated carbocycles. The van der Waals surface area contributed by atoms with E-state index in [-0.39, 0.29) is 25.3 Å². The van der Waals surface area contributed by atoms with E-state index in [9.17, 15) is 37.5 Å². The minimum absolute atomic E-state index is 0.0695. The number of ether oxygens (including phenoxy) is 3. The van der Waals surface area contributed by atoms with E-state index in [1.807, 2.05) is 0 Å². The van der Waals surface area contributed by atoms with Crippen LogP contribution in [0.3, 0.4) is 0 Å². The van der Waals surface area contributed by atoms with Crippen LogP contribution in [0.4, 0.5) is 4.79 Å². The Kier molecular flexibility index (Phi) is 10.0. The van der Waals surface area contributed by atoms with Crippen LogP contribution in [0.2, 0.25) is 0 Å². The third-order valence-corrected chi connectivity index (χ3v) is 10.5. The number of sulfonamides is 1. The number of hydrogen-bond donors (Lipinski definition) is 4. The lowest BCUT2D eigenvalue weighted by Crippen LogP contribution is -2.58. The number of benzene rings is 1. The number of amides is 4. The predicted octanol–water partition coefficient (Wildman–Crippen LogP) is 1.63. The van der Waals surface area contributed by atoms with Gasteiger partial charge in [0, 0.05) is 23.9 Å². The Morgan fingerprint density at radius 2 is 1.90 bits per heavy atom. The van der Waals surface area contributed by atoms with Crippen LogP contribution >= 0.6 is 0 Å². The summed E-state index contributed by atoms with van der Waals surface area (Å²) >= 11 is 0. The van der Waals surface area contributed by atoms with E-state index < -0.39 is 86.7 Å². The van der Waals surface area contributed by atoms with Crippen molar-refractivity contribution < 1.29 is 51.7 Å². The number of pyridine rings is 1. The number of hydrogen-bond acceptors (Lipinski definition) is 11. The molecule has 0 radical (unpaired) electrons. The molecule has 1 saturated heterocycles. The Labute approximate surface area is 288 Å². The second-order valence-corrected chi connectivity index (χ2v) is 15.6. The van der Waals surface area contributed by atoms with Crippen LogP contribution in [-0.4, -0.2) is 101 Å². The first kappa shape index (κ1) is 36.4. The maximum Gasteiger partial charge on any atom is 0.408 e. The Morgan fingerprint density at radius 1 is 1.18 bits per heavy atom. The fraction of sp³-hybridized carbons (Fsp3) is 0.515. The van der Waals surface area contributed by atoms with Gasteiger partial charge >= 0.3 is 12.1 Å². The van der Waals surface area contributed by atoms with Crippen LogP contribution in [0.25, 0.3) is 10.8 Å². The Balaban J connectivity index is 1.43. The molecule has 2 heterocycles. The predicted molar refractivity (Wildman–Crippen MR) is 178 cm³/mol. The van der Waals surface area contributed by atoms with Gasteiger partial charge in [-0.05, 0) is 69.7 Å². The van der Waals surface area contributed by atoms with Crippen LogP contribution in [0.1, 0.15) is 52.9 Å². The van der Waals surface area contributed by atoms with Crippen molar-refractivity contribution in [2.24, 2.45) is 5.92 Å². The molecule has 5 atom stereocenters. The first-order valence-corrected chi connectivity index (χ1v) is 17.6. The van der Waals surface area contributed by atoms with Crippen molar-refractivity contribution in [2.45, 2.75) is 87.5 Å². The highest BCUT2D eigenvalue weighted by Gasteiger charge is 2.62. The number of rotatable bonds is 13. The van der Waals surface area contributed by atoms with Crippen LogP contribution in [0.15, 0.2) is 43.1 Å². The molecule has 2 aliphatic carbocycles. The Bertz CT molecular complexity index is 1820. The zero-order valence-electron chi connectivity index (χ0n) is 28.1. The number of nitrogens with zero attached hydrogens (tertiary/aromatic N) is 2. The summed E-state index contributed by atoms with van der Waals surface area (Å²) in [6.45, 7) is 8.26. The summed E-state index contributed by atoms with van der Waals surface area (Å²) in [5, 5.41) is 15.3. The first-order valence-electron chi connectivity index (χ1n) is 16.1. The summed E-state index contributed by atoms with van der Waals surface area (Å²) in [7, 11) is -2.41. The molecule has 2 aromatic rings. The number of carbonyl (C=O) groups is 5. The minimum Gasteiger partial charge on any atom is -0.497 e. The Hall–Kier alpha value is -4.93. The molecule has 0 spiro atoms. The number of carboxylic acids is 1. The molecule has 0 bridgehead atoms. The fourth-order valence-electron chi connectivity index (χ4n) is 5.93. The molecule has 1 aromatic heterocycles. The highest BCUT2D eigenvalue weighted by molar-refractivity contribution is 7.91. The van der Waals surface area contributed by atoms with E-state index in [0.29, 0.717) is 24.0 Å². The molecule has 16 nitrogen and oxygen atoms in total. The van der Waals surface area contributed by atoms with E-state index in [0.717, 1.165) is 10.3 Å². The third-order valence-electron chi connectivity index (χ3n) is 8.68. The molecule has 1 aromatic carbocycles. The number of aliphatic carboxylic acids is 1. The number of methoxy groups -OCH3 is 1. The molecular formula is C33H41N5O11S. The molecule has 4 amide bonds. The quantitative estimate of drug-likeness (QED) is 0.218. The minimum atomic E-state index is -3.95. The van der Waals surface area contributed by atoms with Crippen molar-refractivity contribution in [3.63, 3.8) is 0 Å². The highest BCUT2D eigenvalue weighted by atomic mass is 32.2. The summed E-state index contributed by atoms with van der Waals surface area (Å²) < 4.78 is 44.1. The molecule has 50 heavy (non-hydrogen) atoms. The molecule has 270 valence electrons. The normalized spacial score (nSPS) is 23.7. The van der Waals surface area contributed by atoms with Crippen LogP contribution in [-0.2, 0) is 33.9 Å². The van der Waals surface area contributed by atoms with Gasteiger partial charge in [0.1, 0.15) is 35.1 Å². The molecule has 0 unspecified atom stereocenters. The van der Waals surface area contributed by atoms with E-state index in [1.54, 1.807) is 45.0 Å². The van der Waals surface area contributed by atoms with Crippen molar-refractivity contribution in [1.29, 1.82) is 0 Å². The maximum absolute atomic E-state index is 14.0. The number of alkyl carbamates (subject to hydrolysis) is 1. The lowest BCUT2D eigenvalue weighted by atomic mass is 10.1. The van der Waals surface area contributed by atoms with Gasteiger partial charge in [0.15, 0.2) is 0 Å². The van der Waals surface area contributed by atoms with Gasteiger partial charge in [-0.15, -0.1) is 6.58 Å². The average Bonchev–Trinajstić information content (AvgIpc) is 3.96. The number of aromatic nitrogens is 1. The van der Waals surface area contributed by atoms with Crippen molar-refractivity contribution in [1.82, 2.24) is 25.2 Å². The summed E-state index contributed by atoms with van der Waals surface area (Å²) in [5.74, 6) is -3.83. The second-order valence-electron chi connectivity index (χ2n) is 13.7. The number of likely N-dealkylation sites (tertiary alicyclic amines) is 1. The highest BCUT2D eigenvalue weighted by Crippen LogP contribution is 2.45. The third kappa shape index (κ3) is 8.09. The topological polar surface area (TPSA) is 220 Å². The van der Waals surface area contributed by atoms with Gasteiger partial charge in [-0.25, -0.2) is 18.2 Å². The van der Waals surface area contributed by atoms with Crippen molar-refractivity contribution in [3.8, 4) is 11.6 Å². The fourth-order valence-corrected chi connectivity index (χ4v) is 7.29. The van der Waals surface area contributed by atoms with Gasteiger partial charge < -0.3 is 34.9 Å². The summed E-state index contributed by atoms with van der Waals surface area (Å²) in [6.07, 6.45) is 1.02. The van der Waals surface area contributed by atoms with Gasteiger partial charge in [-0.3, -0.25) is 23.9 Å². The summed E-state index contributed by atoms with van der Waals surface area (Å²) in [4.78, 5) is 71.3. The summed E-state index contributed by atoms with van der Waals surface area (Å²) in [6, 6.07) is 4.03. The van der Waals surface area contributed by atoms with E-state index in [2.05, 4.69) is 26.9 Å². The largest absolute Gasteiger partial charge is 0.497 e. The monoisotopic (exact) mass is 715 g/mol. The number of carboxylic acid groups (broad SMARTS) is 1. The molecule has 5 rings (SSSR count). The number of carbonyl (C=O) groups excluding carboxylic acids is 4. The lowest BCUT2D eigenvalue weighted by Gasteiger charge is -2.30. The molecule has 1 aliphatic heterocycles. The standard InChI is InChI=1S/C33H41N5O11S/c1-6-19-16-33(19,30(43)37-50(45,46)22-8-9-22)36-27(41)25-14-21(48-28-23-10-7-20(47-5)13-18(23)11-12-34-28)17-38(25)29(42)24(15-26(39)40)35-31(44)49-32(2,3)4/h6-7,10-13,19,21-22,24-25H,1,8-9,14-17H2,2-5H3,(H,35,44)(H,36,41)(H,37,43)(H,39,40)/t19-,21-,24+,25+,33-/m1/s1. The molecule has 3 fully saturated rings. The molecule has 4 N–H and O–H groups in total. The van der Waals surface area contributed by atoms with Gasteiger partial charge in [0.25, 0.3) is 5.91 Å². The molecule has 17 heteroatoms. The maximum atomic E-state index is 14.0. The molecule has 3 aliphatic rings. The number of fused-ring (bicyclic) bond motifs is 1. The van der Waals surface area contributed by atoms with E-state index >= 15 is 0 Å². The summed E-state index contributed by atoms with van der Waals surface area (Å²) in [5.41, 5.74) is -2.60. The van der Waals surface area contributed by atoms with Gasteiger partial charge in [-0.1, -0.05) is 6.08 Å². The van der Waals surface area contributed by atoms with Gasteiger partial charge in [0.05, 0.1) is 25.3 Å². The zero-order chi connectivity index (χ0) is 36.6. The Morgan fingerprint density at radius 3 is 2.50 bits per heavy atom. The first-order chi connectivity index (χ1) is 23.5. The van der Waals surface area contributed by atoms with Gasteiger partial charge in [-0.2, -0.15) is 0 Å². The van der Waals surface area contributed by atoms with Crippen LogP contribution < -0.4 is 24.8 Å². The molecular weight excluding hydrogens is 674 g/mol. The van der Waals surface area contributed by atoms with E-state index in [4.69, 9.17) is 14.2 Å².